The van der Waals surface area contributed by atoms with E-state index in [4.69, 9.17) is 10.5 Å². The Morgan fingerprint density at radius 1 is 1.00 bits per heavy atom. The highest BCUT2D eigenvalue weighted by atomic mass is 32.1. The number of pyridine rings is 1. The summed E-state index contributed by atoms with van der Waals surface area (Å²) in [5.41, 5.74) is 6.10. The Labute approximate surface area is 171 Å². The first-order chi connectivity index (χ1) is 14.3. The highest BCUT2D eigenvalue weighted by Crippen LogP contribution is 2.32. The SMILES string of the molecule is Nc1nc2cnc(CCc3ccc(Oc4ncc(C(F)(F)F)cc4F)cc3)nc2s1. The van der Waals surface area contributed by atoms with Crippen LogP contribution in [0.4, 0.5) is 22.7 Å². The van der Waals surface area contributed by atoms with Crippen LogP contribution in [0.1, 0.15) is 17.0 Å². The summed E-state index contributed by atoms with van der Waals surface area (Å²) in [6, 6.07) is 7.05. The summed E-state index contributed by atoms with van der Waals surface area (Å²) < 4.78 is 56.8. The predicted octanol–water partition coefficient (Wildman–Crippen LogP) is 4.80. The fourth-order valence-corrected chi connectivity index (χ4v) is 3.35. The molecule has 4 aromatic rings. The van der Waals surface area contributed by atoms with Gasteiger partial charge in [0.05, 0.1) is 11.8 Å². The number of nitrogens with zero attached hydrogens (tertiary/aromatic N) is 4. The third-order valence-corrected chi connectivity index (χ3v) is 4.92. The molecule has 0 aliphatic carbocycles. The summed E-state index contributed by atoms with van der Waals surface area (Å²) in [6.07, 6.45) is -1.28. The van der Waals surface area contributed by atoms with Gasteiger partial charge in [-0.2, -0.15) is 13.2 Å². The zero-order valence-electron chi connectivity index (χ0n) is 15.2. The number of halogens is 4. The van der Waals surface area contributed by atoms with Crippen LogP contribution in [-0.4, -0.2) is 19.9 Å². The molecule has 2 N–H and O–H groups in total. The van der Waals surface area contributed by atoms with E-state index in [1.807, 2.05) is 0 Å². The molecule has 3 aromatic heterocycles. The third kappa shape index (κ3) is 4.46. The summed E-state index contributed by atoms with van der Waals surface area (Å²) in [7, 11) is 0. The minimum Gasteiger partial charge on any atom is -0.436 e. The molecule has 6 nitrogen and oxygen atoms in total. The van der Waals surface area contributed by atoms with Crippen molar-refractivity contribution in [3.8, 4) is 11.6 Å². The fourth-order valence-electron chi connectivity index (χ4n) is 2.65. The lowest BCUT2D eigenvalue weighted by atomic mass is 10.1. The quantitative estimate of drug-likeness (QED) is 0.453. The number of thiazole rings is 1. The first kappa shape index (κ1) is 20.0. The topological polar surface area (TPSA) is 86.8 Å². The molecule has 11 heteroatoms. The maximum Gasteiger partial charge on any atom is 0.417 e. The van der Waals surface area contributed by atoms with E-state index >= 15 is 0 Å². The van der Waals surface area contributed by atoms with Gasteiger partial charge in [0.25, 0.3) is 5.88 Å². The number of anilines is 1. The van der Waals surface area contributed by atoms with Gasteiger partial charge in [-0.15, -0.1) is 0 Å². The molecule has 4 rings (SSSR count). The monoisotopic (exact) mass is 435 g/mol. The number of fused-ring (bicyclic) bond motifs is 1. The van der Waals surface area contributed by atoms with Crippen LogP contribution in [0.5, 0.6) is 11.6 Å². The van der Waals surface area contributed by atoms with Gasteiger partial charge in [0.15, 0.2) is 10.9 Å². The van der Waals surface area contributed by atoms with Gasteiger partial charge in [-0.05, 0) is 30.2 Å². The maximum absolute atomic E-state index is 13.9. The van der Waals surface area contributed by atoms with E-state index in [0.29, 0.717) is 41.6 Å². The fraction of sp³-hybridized carbons (Fsp3) is 0.158. The van der Waals surface area contributed by atoms with Crippen LogP contribution < -0.4 is 10.5 Å². The van der Waals surface area contributed by atoms with Crippen molar-refractivity contribution in [1.29, 1.82) is 0 Å². The second-order valence-electron chi connectivity index (χ2n) is 6.28. The number of hydrogen-bond acceptors (Lipinski definition) is 7. The van der Waals surface area contributed by atoms with Gasteiger partial charge in [0, 0.05) is 12.6 Å². The molecule has 0 unspecified atom stereocenters. The molecule has 0 bridgehead atoms. The molecule has 0 saturated heterocycles. The number of aromatic nitrogens is 4. The van der Waals surface area contributed by atoms with E-state index in [1.165, 1.54) is 11.3 Å². The first-order valence-corrected chi connectivity index (χ1v) is 9.47. The minimum atomic E-state index is -4.67. The average molecular weight is 435 g/mol. The molecule has 0 spiro atoms. The minimum absolute atomic E-state index is 0.253. The van der Waals surface area contributed by atoms with Crippen LogP contribution in [0.3, 0.4) is 0 Å². The molecular weight excluding hydrogens is 422 g/mol. The van der Waals surface area contributed by atoms with Gasteiger partial charge >= 0.3 is 6.18 Å². The highest BCUT2D eigenvalue weighted by molar-refractivity contribution is 7.21. The summed E-state index contributed by atoms with van der Waals surface area (Å²) in [4.78, 5) is 17.0. The summed E-state index contributed by atoms with van der Waals surface area (Å²) in [5, 5.41) is 0.436. The Bertz CT molecular complexity index is 1190. The van der Waals surface area contributed by atoms with Crippen molar-refractivity contribution >= 4 is 26.8 Å². The molecule has 0 aliphatic heterocycles. The molecule has 0 saturated carbocycles. The van der Waals surface area contributed by atoms with Crippen LogP contribution in [-0.2, 0) is 19.0 Å². The number of alkyl halides is 3. The number of aryl methyl sites for hydroxylation is 2. The average Bonchev–Trinajstić information content (AvgIpc) is 3.07. The lowest BCUT2D eigenvalue weighted by Crippen LogP contribution is -2.06. The van der Waals surface area contributed by atoms with Crippen molar-refractivity contribution in [3.05, 3.63) is 65.5 Å². The van der Waals surface area contributed by atoms with E-state index in [2.05, 4.69) is 19.9 Å². The number of hydrogen-bond donors (Lipinski definition) is 1. The second kappa shape index (κ2) is 7.82. The molecule has 0 atom stereocenters. The molecule has 0 amide bonds. The zero-order valence-corrected chi connectivity index (χ0v) is 16.0. The van der Waals surface area contributed by atoms with Crippen molar-refractivity contribution in [3.63, 3.8) is 0 Å². The van der Waals surface area contributed by atoms with Crippen LogP contribution >= 0.6 is 11.3 Å². The van der Waals surface area contributed by atoms with E-state index in [0.717, 1.165) is 10.4 Å². The Morgan fingerprint density at radius 2 is 1.77 bits per heavy atom. The van der Waals surface area contributed by atoms with Gasteiger partial charge in [-0.1, -0.05) is 23.5 Å². The number of nitrogens with two attached hydrogens (primary N) is 1. The molecule has 154 valence electrons. The van der Waals surface area contributed by atoms with Crippen LogP contribution in [0.25, 0.3) is 10.3 Å². The molecule has 1 aromatic carbocycles. The maximum atomic E-state index is 13.9. The lowest BCUT2D eigenvalue weighted by Gasteiger charge is -2.09. The Balaban J connectivity index is 1.40. The number of rotatable bonds is 5. The molecule has 30 heavy (non-hydrogen) atoms. The van der Waals surface area contributed by atoms with Gasteiger partial charge in [0.1, 0.15) is 21.9 Å². The van der Waals surface area contributed by atoms with Crippen molar-refractivity contribution in [1.82, 2.24) is 19.9 Å². The van der Waals surface area contributed by atoms with Crippen molar-refractivity contribution in [2.24, 2.45) is 0 Å². The third-order valence-electron chi connectivity index (χ3n) is 4.13. The Hall–Kier alpha value is -3.34. The van der Waals surface area contributed by atoms with Gasteiger partial charge in [-0.3, -0.25) is 0 Å². The van der Waals surface area contributed by atoms with Crippen LogP contribution in [0, 0.1) is 5.82 Å². The lowest BCUT2D eigenvalue weighted by molar-refractivity contribution is -0.138. The van der Waals surface area contributed by atoms with E-state index in [9.17, 15) is 17.6 Å². The van der Waals surface area contributed by atoms with Gasteiger partial charge in [-0.25, -0.2) is 24.3 Å². The second-order valence-corrected chi connectivity index (χ2v) is 7.29. The Kier molecular flexibility index (Phi) is 5.20. The standard InChI is InChI=1S/C19H13F4N5OS/c20-13-7-11(19(21,22)23)8-26-16(13)29-12-4-1-10(2-5-12)3-6-15-25-9-14-17(28-15)30-18(24)27-14/h1-2,4-5,7-9H,3,6H2,(H2,24,27). The molecule has 0 fully saturated rings. The van der Waals surface area contributed by atoms with Crippen molar-refractivity contribution in [2.75, 3.05) is 5.73 Å². The van der Waals surface area contributed by atoms with E-state index < -0.39 is 23.4 Å². The summed E-state index contributed by atoms with van der Waals surface area (Å²) >= 11 is 1.29. The van der Waals surface area contributed by atoms with Crippen LogP contribution in [0.15, 0.2) is 42.7 Å². The molecular formula is C19H13F4N5OS. The summed E-state index contributed by atoms with van der Waals surface area (Å²) in [6.45, 7) is 0. The van der Waals surface area contributed by atoms with E-state index in [-0.39, 0.29) is 5.75 Å². The number of ether oxygens (including phenoxy) is 1. The van der Waals surface area contributed by atoms with Gasteiger partial charge < -0.3 is 10.5 Å². The van der Waals surface area contributed by atoms with Crippen molar-refractivity contribution in [2.45, 2.75) is 19.0 Å². The molecule has 3 heterocycles. The van der Waals surface area contributed by atoms with Crippen LogP contribution in [0.2, 0.25) is 0 Å². The largest absolute Gasteiger partial charge is 0.436 e. The number of nitrogen functional groups attached to an aromatic ring is 1. The predicted molar refractivity (Wildman–Crippen MR) is 103 cm³/mol. The first-order valence-electron chi connectivity index (χ1n) is 8.65. The molecule has 0 aliphatic rings. The smallest absolute Gasteiger partial charge is 0.417 e. The normalized spacial score (nSPS) is 11.7. The van der Waals surface area contributed by atoms with Gasteiger partial charge in [0.2, 0.25) is 0 Å². The highest BCUT2D eigenvalue weighted by Gasteiger charge is 2.32. The molecule has 0 radical (unpaired) electrons. The zero-order chi connectivity index (χ0) is 21.3. The summed E-state index contributed by atoms with van der Waals surface area (Å²) in [5.74, 6) is -0.809. The van der Waals surface area contributed by atoms with Crippen molar-refractivity contribution < 1.29 is 22.3 Å². The van der Waals surface area contributed by atoms with E-state index in [1.54, 1.807) is 30.5 Å². The Morgan fingerprint density at radius 3 is 2.47 bits per heavy atom. The number of benzene rings is 1.